The molecule has 1 aliphatic heterocycles. The lowest BCUT2D eigenvalue weighted by molar-refractivity contribution is 0.154. The van der Waals surface area contributed by atoms with Gasteiger partial charge in [0.2, 0.25) is 0 Å². The second-order valence-corrected chi connectivity index (χ2v) is 9.26. The van der Waals surface area contributed by atoms with Gasteiger partial charge in [0.15, 0.2) is 5.65 Å². The molecule has 1 atom stereocenters. The molecule has 170 valence electrons. The minimum absolute atomic E-state index is 0.254. The summed E-state index contributed by atoms with van der Waals surface area (Å²) in [6.07, 6.45) is 0. The van der Waals surface area contributed by atoms with Gasteiger partial charge in [-0.2, -0.15) is 5.10 Å². The van der Waals surface area contributed by atoms with Crippen molar-refractivity contribution in [1.29, 1.82) is 0 Å². The number of rotatable bonds is 5. The van der Waals surface area contributed by atoms with Crippen LogP contribution in [0.15, 0.2) is 54.6 Å². The van der Waals surface area contributed by atoms with Crippen LogP contribution in [0.4, 0.5) is 0 Å². The fraction of sp³-hybridized carbons (Fsp3) is 0.333. The van der Waals surface area contributed by atoms with Crippen LogP contribution in [-0.2, 0) is 6.54 Å². The average Bonchev–Trinajstić information content (AvgIpc) is 3.21. The minimum atomic E-state index is 0.254. The van der Waals surface area contributed by atoms with Gasteiger partial charge >= 0.3 is 0 Å². The standard InChI is InChI=1S/C27H31N5O/c1-17(2)19-4-6-21(7-5-19)25-15-28-12-13-32(25)16-22-14-24(20-8-10-23(33)11-9-20)29-27-26(22)18(3)30-31-27/h4-11,14,17,25,28,33H,12-13,15-16H2,1-3H3,(H,29,30,31). The third-order valence-corrected chi connectivity index (χ3v) is 6.67. The largest absolute Gasteiger partial charge is 0.508 e. The number of nitrogens with one attached hydrogen (secondary N) is 2. The van der Waals surface area contributed by atoms with Crippen LogP contribution in [0, 0.1) is 6.92 Å². The summed E-state index contributed by atoms with van der Waals surface area (Å²) in [5.41, 5.74) is 7.58. The zero-order chi connectivity index (χ0) is 22.9. The highest BCUT2D eigenvalue weighted by molar-refractivity contribution is 5.84. The van der Waals surface area contributed by atoms with Crippen LogP contribution in [0.3, 0.4) is 0 Å². The molecule has 2 aromatic carbocycles. The second-order valence-electron chi connectivity index (χ2n) is 9.26. The van der Waals surface area contributed by atoms with E-state index < -0.39 is 0 Å². The van der Waals surface area contributed by atoms with Gasteiger partial charge in [0.25, 0.3) is 0 Å². The summed E-state index contributed by atoms with van der Waals surface area (Å²) < 4.78 is 0. The van der Waals surface area contributed by atoms with E-state index in [4.69, 9.17) is 4.98 Å². The van der Waals surface area contributed by atoms with Crippen LogP contribution < -0.4 is 5.32 Å². The summed E-state index contributed by atoms with van der Waals surface area (Å²) in [5, 5.41) is 21.9. The number of hydrogen-bond acceptors (Lipinski definition) is 5. The van der Waals surface area contributed by atoms with E-state index in [2.05, 4.69) is 64.6 Å². The van der Waals surface area contributed by atoms with Crippen molar-refractivity contribution in [2.24, 2.45) is 0 Å². The molecular formula is C27H31N5O. The molecular weight excluding hydrogens is 410 g/mol. The molecule has 6 heteroatoms. The lowest BCUT2D eigenvalue weighted by Gasteiger charge is -2.37. The number of phenolic OH excluding ortho intramolecular Hbond substituents is 1. The quantitative estimate of drug-likeness (QED) is 0.410. The number of phenols is 1. The van der Waals surface area contributed by atoms with Gasteiger partial charge in [0.05, 0.1) is 11.4 Å². The summed E-state index contributed by atoms with van der Waals surface area (Å²) in [6, 6.07) is 18.8. The molecule has 3 N–H and O–H groups in total. The van der Waals surface area contributed by atoms with E-state index in [0.29, 0.717) is 12.0 Å². The number of nitrogens with zero attached hydrogens (tertiary/aromatic N) is 3. The number of hydrogen-bond donors (Lipinski definition) is 3. The molecule has 0 spiro atoms. The zero-order valence-electron chi connectivity index (χ0n) is 19.5. The molecule has 0 amide bonds. The van der Waals surface area contributed by atoms with Crippen LogP contribution in [-0.4, -0.2) is 44.8 Å². The van der Waals surface area contributed by atoms with Crippen LogP contribution in [0.25, 0.3) is 22.3 Å². The van der Waals surface area contributed by atoms with Gasteiger partial charge in [0, 0.05) is 43.2 Å². The Kier molecular flexibility index (Phi) is 5.87. The summed E-state index contributed by atoms with van der Waals surface area (Å²) in [6.45, 7) is 10.2. The van der Waals surface area contributed by atoms with Crippen molar-refractivity contribution in [3.8, 4) is 17.0 Å². The maximum absolute atomic E-state index is 9.69. The summed E-state index contributed by atoms with van der Waals surface area (Å²) >= 11 is 0. The molecule has 33 heavy (non-hydrogen) atoms. The molecule has 6 nitrogen and oxygen atoms in total. The zero-order valence-corrected chi connectivity index (χ0v) is 19.5. The fourth-order valence-electron chi connectivity index (χ4n) is 4.77. The van der Waals surface area contributed by atoms with Crippen molar-refractivity contribution >= 4 is 11.0 Å². The Balaban J connectivity index is 1.51. The van der Waals surface area contributed by atoms with Crippen molar-refractivity contribution in [2.75, 3.05) is 19.6 Å². The monoisotopic (exact) mass is 441 g/mol. The second kappa shape index (κ2) is 8.96. The number of benzene rings is 2. The van der Waals surface area contributed by atoms with E-state index in [1.54, 1.807) is 12.1 Å². The normalized spacial score (nSPS) is 17.2. The summed E-state index contributed by atoms with van der Waals surface area (Å²) in [7, 11) is 0. The molecule has 0 radical (unpaired) electrons. The molecule has 2 aromatic heterocycles. The smallest absolute Gasteiger partial charge is 0.156 e. The van der Waals surface area contributed by atoms with Gasteiger partial charge in [-0.15, -0.1) is 0 Å². The Hall–Kier alpha value is -3.22. The minimum Gasteiger partial charge on any atom is -0.508 e. The van der Waals surface area contributed by atoms with Crippen molar-refractivity contribution in [3.63, 3.8) is 0 Å². The van der Waals surface area contributed by atoms with Crippen LogP contribution in [0.2, 0.25) is 0 Å². The molecule has 0 bridgehead atoms. The van der Waals surface area contributed by atoms with E-state index in [-0.39, 0.29) is 5.75 Å². The SMILES string of the molecule is Cc1n[nH]c2nc(-c3ccc(O)cc3)cc(CN3CCNCC3c3ccc(C(C)C)cc3)c12. The Morgan fingerprint density at radius 1 is 1.09 bits per heavy atom. The third kappa shape index (κ3) is 4.36. The highest BCUT2D eigenvalue weighted by Gasteiger charge is 2.25. The molecule has 1 fully saturated rings. The van der Waals surface area contributed by atoms with Gasteiger partial charge in [-0.25, -0.2) is 4.98 Å². The topological polar surface area (TPSA) is 77.1 Å². The Morgan fingerprint density at radius 2 is 1.85 bits per heavy atom. The Bertz CT molecular complexity index is 1240. The van der Waals surface area contributed by atoms with E-state index >= 15 is 0 Å². The number of aromatic hydroxyl groups is 1. The van der Waals surface area contributed by atoms with Crippen molar-refractivity contribution < 1.29 is 5.11 Å². The molecule has 0 aliphatic carbocycles. The third-order valence-electron chi connectivity index (χ3n) is 6.67. The lowest BCUT2D eigenvalue weighted by Crippen LogP contribution is -2.45. The summed E-state index contributed by atoms with van der Waals surface area (Å²) in [5.74, 6) is 0.789. The van der Waals surface area contributed by atoms with Crippen molar-refractivity contribution in [1.82, 2.24) is 25.4 Å². The van der Waals surface area contributed by atoms with E-state index in [0.717, 1.165) is 54.2 Å². The van der Waals surface area contributed by atoms with Gasteiger partial charge in [0.1, 0.15) is 5.75 Å². The number of aromatic amines is 1. The predicted molar refractivity (Wildman–Crippen MR) is 132 cm³/mol. The number of piperazine rings is 1. The van der Waals surface area contributed by atoms with Crippen LogP contribution in [0.5, 0.6) is 5.75 Å². The first-order valence-electron chi connectivity index (χ1n) is 11.7. The first-order valence-corrected chi connectivity index (χ1v) is 11.7. The summed E-state index contributed by atoms with van der Waals surface area (Å²) in [4.78, 5) is 7.38. The van der Waals surface area contributed by atoms with Crippen molar-refractivity contribution in [3.05, 3.63) is 77.0 Å². The molecule has 1 saturated heterocycles. The maximum Gasteiger partial charge on any atom is 0.156 e. The number of fused-ring (bicyclic) bond motifs is 1. The number of aryl methyl sites for hydroxylation is 1. The lowest BCUT2D eigenvalue weighted by atomic mass is 9.97. The molecule has 3 heterocycles. The fourth-order valence-corrected chi connectivity index (χ4v) is 4.77. The van der Waals surface area contributed by atoms with Gasteiger partial charge in [-0.3, -0.25) is 10.00 Å². The van der Waals surface area contributed by atoms with Crippen LogP contribution >= 0.6 is 0 Å². The van der Waals surface area contributed by atoms with E-state index in [1.807, 2.05) is 19.1 Å². The highest BCUT2D eigenvalue weighted by Crippen LogP contribution is 2.31. The van der Waals surface area contributed by atoms with Gasteiger partial charge in [-0.05, 0) is 59.9 Å². The molecule has 1 aliphatic rings. The Labute approximate surface area is 194 Å². The maximum atomic E-state index is 9.69. The molecule has 5 rings (SSSR count). The predicted octanol–water partition coefficient (Wildman–Crippen LogP) is 4.91. The molecule has 4 aromatic rings. The highest BCUT2D eigenvalue weighted by atomic mass is 16.3. The van der Waals surface area contributed by atoms with Gasteiger partial charge in [-0.1, -0.05) is 38.1 Å². The number of H-pyrrole nitrogens is 1. The van der Waals surface area contributed by atoms with Crippen LogP contribution in [0.1, 0.15) is 48.2 Å². The van der Waals surface area contributed by atoms with Gasteiger partial charge < -0.3 is 10.4 Å². The molecule has 1 unspecified atom stereocenters. The van der Waals surface area contributed by atoms with E-state index in [9.17, 15) is 5.11 Å². The molecule has 0 saturated carbocycles. The Morgan fingerprint density at radius 3 is 2.58 bits per heavy atom. The average molecular weight is 442 g/mol. The first kappa shape index (κ1) is 21.6. The van der Waals surface area contributed by atoms with E-state index in [1.165, 1.54) is 16.7 Å². The number of pyridine rings is 1. The number of aromatic nitrogens is 3. The van der Waals surface area contributed by atoms with Crippen molar-refractivity contribution in [2.45, 2.75) is 39.3 Å². The first-order chi connectivity index (χ1) is 16.0.